The Morgan fingerprint density at radius 1 is 1.10 bits per heavy atom. The van der Waals surface area contributed by atoms with E-state index in [2.05, 4.69) is 4.18 Å². The number of hydrogen-bond acceptors (Lipinski definition) is 9. The molecule has 1 aliphatic heterocycles. The van der Waals surface area contributed by atoms with Gasteiger partial charge in [0.1, 0.15) is 4.70 Å². The minimum Gasteiger partial charge on any atom is -0.750 e. The number of aryl methyl sites for hydroxylation is 1. The van der Waals surface area contributed by atoms with Gasteiger partial charge in [0.2, 0.25) is 11.4 Å². The minimum atomic E-state index is -4.48. The van der Waals surface area contributed by atoms with Crippen molar-refractivity contribution in [1.82, 2.24) is 0 Å². The third kappa shape index (κ3) is 6.67. The van der Waals surface area contributed by atoms with E-state index in [1.807, 2.05) is 65.2 Å². The Morgan fingerprint density at radius 3 is 2.64 bits per heavy atom. The van der Waals surface area contributed by atoms with Crippen LogP contribution in [0.4, 0.5) is 5.69 Å². The maximum atomic E-state index is 11.5. The number of rotatable bonds is 10. The Bertz CT molecular complexity index is 1670. The van der Waals surface area contributed by atoms with E-state index in [1.54, 1.807) is 17.0 Å². The van der Waals surface area contributed by atoms with Gasteiger partial charge in [0.15, 0.2) is 12.3 Å². The number of benzene rings is 3. The van der Waals surface area contributed by atoms with Crippen molar-refractivity contribution >= 4 is 66.4 Å². The van der Waals surface area contributed by atoms with Crippen LogP contribution in [-0.2, 0) is 32.2 Å². The third-order valence-electron chi connectivity index (χ3n) is 6.05. The second-order valence-electron chi connectivity index (χ2n) is 8.63. The summed E-state index contributed by atoms with van der Waals surface area (Å²) in [6.45, 7) is 0.341. The molecule has 1 aromatic heterocycles. The molecule has 0 radical (unpaired) electrons. The van der Waals surface area contributed by atoms with Crippen molar-refractivity contribution in [3.05, 3.63) is 82.6 Å². The molecule has 0 bridgehead atoms. The number of thiazole rings is 1. The van der Waals surface area contributed by atoms with Crippen LogP contribution in [0.15, 0.2) is 72.6 Å². The molecule has 0 aliphatic carbocycles. The highest BCUT2D eigenvalue weighted by molar-refractivity contribution is 7.85. The molecule has 0 saturated carbocycles. The zero-order valence-corrected chi connectivity index (χ0v) is 23.5. The summed E-state index contributed by atoms with van der Waals surface area (Å²) in [6, 6.07) is 20.9. The van der Waals surface area contributed by atoms with Crippen LogP contribution in [0, 0.1) is 0 Å². The molecule has 39 heavy (non-hydrogen) atoms. The maximum absolute atomic E-state index is 11.5. The quantitative estimate of drug-likeness (QED) is 0.112. The second-order valence-corrected chi connectivity index (χ2v) is 12.3. The molecule has 0 spiro atoms. The molecule has 0 amide bonds. The van der Waals surface area contributed by atoms with Crippen LogP contribution in [0.2, 0.25) is 5.02 Å². The molecule has 13 heteroatoms. The largest absolute Gasteiger partial charge is 0.750 e. The summed E-state index contributed by atoms with van der Waals surface area (Å²) < 4.78 is 69.9. The van der Waals surface area contributed by atoms with Crippen LogP contribution < -0.4 is 14.2 Å². The van der Waals surface area contributed by atoms with Crippen molar-refractivity contribution in [3.63, 3.8) is 0 Å². The zero-order chi connectivity index (χ0) is 27.6. The van der Waals surface area contributed by atoms with Crippen molar-refractivity contribution in [1.29, 1.82) is 0 Å². The maximum Gasteiger partial charge on any atom is 0.268 e. The van der Waals surface area contributed by atoms with Gasteiger partial charge < -0.3 is 22.9 Å². The lowest BCUT2D eigenvalue weighted by molar-refractivity contribution is -0.669. The van der Waals surface area contributed by atoms with Gasteiger partial charge in [-0.25, -0.2) is 12.6 Å². The highest BCUT2D eigenvalue weighted by Crippen LogP contribution is 2.42. The Morgan fingerprint density at radius 2 is 1.90 bits per heavy atom. The summed E-state index contributed by atoms with van der Waals surface area (Å²) in [6.07, 6.45) is 2.19. The molecule has 1 aliphatic rings. The first-order valence-corrected chi connectivity index (χ1v) is 15.6. The molecule has 204 valence electrons. The van der Waals surface area contributed by atoms with E-state index in [-0.39, 0.29) is 13.2 Å². The van der Waals surface area contributed by atoms with Gasteiger partial charge >= 0.3 is 0 Å². The number of nitrogens with zero attached hydrogens (tertiary/aromatic N) is 2. The van der Waals surface area contributed by atoms with E-state index in [0.29, 0.717) is 35.3 Å². The van der Waals surface area contributed by atoms with Gasteiger partial charge in [-0.3, -0.25) is 0 Å². The second kappa shape index (κ2) is 11.7. The van der Waals surface area contributed by atoms with Crippen LogP contribution in [0.3, 0.4) is 0 Å². The predicted octanol–water partition coefficient (Wildman–Crippen LogP) is 4.45. The molecule has 1 atom stereocenters. The van der Waals surface area contributed by atoms with Crippen LogP contribution in [0.1, 0.15) is 11.4 Å². The summed E-state index contributed by atoms with van der Waals surface area (Å²) in [5, 5.41) is 1.31. The normalized spacial score (nSPS) is 15.1. The minimum absolute atomic E-state index is 0.00865. The fourth-order valence-electron chi connectivity index (χ4n) is 4.32. The summed E-state index contributed by atoms with van der Waals surface area (Å²) in [5.41, 5.74) is 3.39. The van der Waals surface area contributed by atoms with Crippen molar-refractivity contribution in [3.8, 4) is 16.9 Å². The predicted molar refractivity (Wildman–Crippen MR) is 149 cm³/mol. The molecule has 9 nitrogen and oxygen atoms in total. The number of fused-ring (bicyclic) bond motifs is 2. The summed E-state index contributed by atoms with van der Waals surface area (Å²) in [4.78, 5) is 1.68. The SMILES string of the molecule is O=S([O-])OCCC[n+]1c(C=C2Oc3ccc(-c4ccccc4)cc3N2CCS(=O)(=O)[O-])sc2ccc(Cl)cc21. The van der Waals surface area contributed by atoms with Crippen molar-refractivity contribution in [2.75, 3.05) is 23.8 Å². The van der Waals surface area contributed by atoms with Crippen LogP contribution in [0.5, 0.6) is 5.75 Å². The number of anilines is 1. The van der Waals surface area contributed by atoms with E-state index < -0.39 is 27.2 Å². The lowest BCUT2D eigenvalue weighted by atomic mass is 10.0. The number of ether oxygens (including phenoxy) is 1. The third-order valence-corrected chi connectivity index (χ3v) is 8.44. The van der Waals surface area contributed by atoms with Crippen LogP contribution in [-0.4, -0.2) is 40.6 Å². The summed E-state index contributed by atoms with van der Waals surface area (Å²) in [7, 11) is -4.48. The standard InChI is InChI=1S/C26H23ClN2O7S3/c27-20-8-10-24-22(16-20)29(11-4-13-35-38(30)31)26(37-24)17-25-28(12-14-39(32,33)34)21-15-19(7-9-23(21)36-25)18-5-2-1-3-6-18/h1-3,5-10,15-17H,4,11-14H2,(H-,30,31,32,33,34)/p-1. The summed E-state index contributed by atoms with van der Waals surface area (Å²) in [5.74, 6) is 0.294. The monoisotopic (exact) mass is 605 g/mol. The van der Waals surface area contributed by atoms with E-state index in [0.717, 1.165) is 26.4 Å². The molecule has 5 rings (SSSR count). The molecule has 3 aromatic carbocycles. The van der Waals surface area contributed by atoms with Crippen molar-refractivity contribution in [2.45, 2.75) is 13.0 Å². The molecule has 0 N–H and O–H groups in total. The molecule has 0 fully saturated rings. The molecule has 1 unspecified atom stereocenters. The first-order chi connectivity index (χ1) is 18.7. The average molecular weight is 606 g/mol. The molecule has 4 aromatic rings. The van der Waals surface area contributed by atoms with E-state index in [1.165, 1.54) is 11.3 Å². The van der Waals surface area contributed by atoms with Gasteiger partial charge in [-0.05, 0) is 35.4 Å². The number of halogens is 1. The number of hydrogen-bond donors (Lipinski definition) is 0. The molecular formula is C26H22ClN2O7S3-. The smallest absolute Gasteiger partial charge is 0.268 e. The van der Waals surface area contributed by atoms with Gasteiger partial charge in [0.25, 0.3) is 5.01 Å². The van der Waals surface area contributed by atoms with E-state index in [4.69, 9.17) is 16.3 Å². The first-order valence-electron chi connectivity index (χ1n) is 11.8. The van der Waals surface area contributed by atoms with Crippen molar-refractivity contribution < 1.29 is 35.2 Å². The van der Waals surface area contributed by atoms with Crippen LogP contribution >= 0.6 is 22.9 Å². The average Bonchev–Trinajstić information content (AvgIpc) is 3.41. The van der Waals surface area contributed by atoms with Gasteiger partial charge in [-0.2, -0.15) is 4.57 Å². The number of aromatic nitrogens is 1. The Balaban J connectivity index is 1.55. The highest BCUT2D eigenvalue weighted by Gasteiger charge is 2.30. The van der Waals surface area contributed by atoms with Crippen molar-refractivity contribution in [2.24, 2.45) is 0 Å². The van der Waals surface area contributed by atoms with E-state index in [9.17, 15) is 21.7 Å². The van der Waals surface area contributed by atoms with Gasteiger partial charge in [0.05, 0.1) is 45.6 Å². The highest BCUT2D eigenvalue weighted by atomic mass is 35.5. The Kier molecular flexibility index (Phi) is 8.33. The first kappa shape index (κ1) is 27.7. The van der Waals surface area contributed by atoms with Gasteiger partial charge in [-0.15, -0.1) is 0 Å². The van der Waals surface area contributed by atoms with Crippen LogP contribution in [0.25, 0.3) is 27.4 Å². The van der Waals surface area contributed by atoms with E-state index >= 15 is 0 Å². The molecule has 2 heterocycles. The zero-order valence-electron chi connectivity index (χ0n) is 20.3. The molecular weight excluding hydrogens is 584 g/mol. The Hall–Kier alpha value is -2.84. The Labute approximate surface area is 237 Å². The molecule has 0 saturated heterocycles. The summed E-state index contributed by atoms with van der Waals surface area (Å²) >= 11 is 5.13. The lowest BCUT2D eigenvalue weighted by Gasteiger charge is -2.19. The van der Waals surface area contributed by atoms with Gasteiger partial charge in [0, 0.05) is 24.1 Å². The fourth-order valence-corrected chi connectivity index (χ4v) is 6.24. The topological polar surface area (TPSA) is 123 Å². The van der Waals surface area contributed by atoms with Gasteiger partial charge in [-0.1, -0.05) is 59.3 Å². The fraction of sp³-hybridized carbons (Fsp3) is 0.192. The lowest BCUT2D eigenvalue weighted by Crippen LogP contribution is -2.36.